The third-order valence-corrected chi connectivity index (χ3v) is 3.48. The van der Waals surface area contributed by atoms with Gasteiger partial charge in [0.1, 0.15) is 5.52 Å². The summed E-state index contributed by atoms with van der Waals surface area (Å²) in [6.45, 7) is 2.47. The minimum absolute atomic E-state index is 0.0579. The smallest absolute Gasteiger partial charge is 0.293 e. The molecule has 0 fully saturated rings. The normalized spacial score (nSPS) is 15.2. The van der Waals surface area contributed by atoms with Crippen molar-refractivity contribution < 1.29 is 4.92 Å². The fraction of sp³-hybridized carbons (Fsp3) is 0.154. The second kappa shape index (κ2) is 4.64. The molecule has 0 unspecified atom stereocenters. The number of aliphatic imine (C=N–C) groups is 1. The fourth-order valence-corrected chi connectivity index (χ4v) is 2.47. The Hall–Kier alpha value is -2.34. The Morgan fingerprint density at radius 2 is 2.25 bits per heavy atom. The molecule has 0 amide bonds. The molecular weight excluding hydrogens is 280 g/mol. The highest BCUT2D eigenvalue weighted by molar-refractivity contribution is 6.65. The van der Waals surface area contributed by atoms with Crippen LogP contribution in [0.4, 0.5) is 5.69 Å². The zero-order valence-corrected chi connectivity index (χ0v) is 11.4. The molecule has 0 bridgehead atoms. The van der Waals surface area contributed by atoms with Crippen LogP contribution in [0.25, 0.3) is 16.6 Å². The molecular formula is C13H11ClN4O2. The van der Waals surface area contributed by atoms with Gasteiger partial charge in [0.2, 0.25) is 0 Å². The number of aromatic nitrogens is 1. The number of nitrogens with zero attached hydrogens (tertiary/aromatic N) is 2. The average Bonchev–Trinajstić information content (AvgIpc) is 2.85. The molecule has 102 valence electrons. The summed E-state index contributed by atoms with van der Waals surface area (Å²) >= 11 is 5.91. The van der Waals surface area contributed by atoms with E-state index in [9.17, 15) is 10.1 Å². The van der Waals surface area contributed by atoms with Gasteiger partial charge in [0.25, 0.3) is 5.69 Å². The molecule has 2 N–H and O–H groups in total. The van der Waals surface area contributed by atoms with Crippen LogP contribution in [-0.2, 0) is 0 Å². The SMILES string of the molecule is CC1=C(c2c[nH]c3c([N+](=O)[O-])cccc23)NC(Cl)=NC1. The predicted molar refractivity (Wildman–Crippen MR) is 78.8 cm³/mol. The van der Waals surface area contributed by atoms with Gasteiger partial charge < -0.3 is 10.3 Å². The Bertz CT molecular complexity index is 776. The van der Waals surface area contributed by atoms with Crippen molar-refractivity contribution in [2.75, 3.05) is 6.54 Å². The molecule has 1 aliphatic rings. The van der Waals surface area contributed by atoms with E-state index in [2.05, 4.69) is 15.3 Å². The molecule has 0 radical (unpaired) electrons. The zero-order valence-electron chi connectivity index (χ0n) is 10.6. The Morgan fingerprint density at radius 1 is 1.45 bits per heavy atom. The molecule has 3 rings (SSSR count). The molecule has 0 spiro atoms. The zero-order chi connectivity index (χ0) is 14.3. The van der Waals surface area contributed by atoms with Gasteiger partial charge in [-0.25, -0.2) is 0 Å². The molecule has 0 atom stereocenters. The molecule has 1 aromatic heterocycles. The van der Waals surface area contributed by atoms with Gasteiger partial charge in [-0.05, 0) is 24.1 Å². The lowest BCUT2D eigenvalue weighted by atomic mass is 10.1. The highest BCUT2D eigenvalue weighted by Crippen LogP contribution is 2.31. The highest BCUT2D eigenvalue weighted by atomic mass is 35.5. The second-order valence-corrected chi connectivity index (χ2v) is 4.90. The lowest BCUT2D eigenvalue weighted by Crippen LogP contribution is -2.22. The first-order valence-corrected chi connectivity index (χ1v) is 6.37. The summed E-state index contributed by atoms with van der Waals surface area (Å²) in [6, 6.07) is 4.99. The number of benzene rings is 1. The van der Waals surface area contributed by atoms with E-state index in [1.54, 1.807) is 12.3 Å². The van der Waals surface area contributed by atoms with Gasteiger partial charge in [-0.2, -0.15) is 0 Å². The number of fused-ring (bicyclic) bond motifs is 1. The van der Waals surface area contributed by atoms with Crippen molar-refractivity contribution in [3.8, 4) is 0 Å². The van der Waals surface area contributed by atoms with E-state index in [1.165, 1.54) is 6.07 Å². The van der Waals surface area contributed by atoms with Crippen LogP contribution in [-0.4, -0.2) is 21.7 Å². The molecule has 0 saturated carbocycles. The molecule has 7 heteroatoms. The van der Waals surface area contributed by atoms with E-state index in [4.69, 9.17) is 11.6 Å². The highest BCUT2D eigenvalue weighted by Gasteiger charge is 2.20. The Labute approximate surface area is 119 Å². The predicted octanol–water partition coefficient (Wildman–Crippen LogP) is 3.01. The molecule has 0 aliphatic carbocycles. The number of nitro benzene ring substituents is 1. The van der Waals surface area contributed by atoms with E-state index in [1.807, 2.05) is 13.0 Å². The van der Waals surface area contributed by atoms with Crippen molar-refractivity contribution in [3.63, 3.8) is 0 Å². The molecule has 2 heterocycles. The van der Waals surface area contributed by atoms with Crippen molar-refractivity contribution in [1.82, 2.24) is 10.3 Å². The summed E-state index contributed by atoms with van der Waals surface area (Å²) in [6.07, 6.45) is 1.75. The van der Waals surface area contributed by atoms with Gasteiger partial charge in [-0.1, -0.05) is 12.1 Å². The molecule has 20 heavy (non-hydrogen) atoms. The second-order valence-electron chi connectivity index (χ2n) is 4.55. The number of nitrogens with one attached hydrogen (secondary N) is 2. The first kappa shape index (κ1) is 12.7. The fourth-order valence-electron chi connectivity index (χ4n) is 2.31. The van der Waals surface area contributed by atoms with Crippen LogP contribution in [0.3, 0.4) is 0 Å². The van der Waals surface area contributed by atoms with Crippen LogP contribution in [0.2, 0.25) is 0 Å². The number of halogens is 1. The Kier molecular flexibility index (Phi) is 2.94. The first-order chi connectivity index (χ1) is 9.58. The van der Waals surface area contributed by atoms with Crippen molar-refractivity contribution in [2.45, 2.75) is 6.92 Å². The largest absolute Gasteiger partial charge is 0.355 e. The lowest BCUT2D eigenvalue weighted by molar-refractivity contribution is -0.383. The minimum Gasteiger partial charge on any atom is -0.355 e. The maximum absolute atomic E-state index is 11.0. The van der Waals surface area contributed by atoms with Crippen LogP contribution >= 0.6 is 11.6 Å². The molecule has 6 nitrogen and oxygen atoms in total. The van der Waals surface area contributed by atoms with Crippen LogP contribution in [0.1, 0.15) is 12.5 Å². The van der Waals surface area contributed by atoms with E-state index < -0.39 is 4.92 Å². The molecule has 1 aromatic carbocycles. The monoisotopic (exact) mass is 290 g/mol. The Morgan fingerprint density at radius 3 is 3.00 bits per heavy atom. The summed E-state index contributed by atoms with van der Waals surface area (Å²) in [5.74, 6) is 0. The molecule has 0 saturated heterocycles. The van der Waals surface area contributed by atoms with Crippen LogP contribution in [0, 0.1) is 10.1 Å². The molecule has 2 aromatic rings. The van der Waals surface area contributed by atoms with E-state index >= 15 is 0 Å². The summed E-state index contributed by atoms with van der Waals surface area (Å²) in [4.78, 5) is 17.7. The first-order valence-electron chi connectivity index (χ1n) is 5.99. The number of para-hydroxylation sites is 1. The third-order valence-electron chi connectivity index (χ3n) is 3.27. The van der Waals surface area contributed by atoms with Gasteiger partial charge in [0.05, 0.1) is 17.2 Å². The van der Waals surface area contributed by atoms with Crippen LogP contribution in [0.15, 0.2) is 35.0 Å². The standard InChI is InChI=1S/C13H11ClN4O2/c1-7-5-16-13(14)17-11(7)9-6-15-12-8(9)3-2-4-10(12)18(19)20/h2-4,6,15H,5H2,1H3,(H,16,17). The number of amidine groups is 1. The van der Waals surface area contributed by atoms with Crippen molar-refractivity contribution in [3.05, 3.63) is 45.6 Å². The van der Waals surface area contributed by atoms with Crippen LogP contribution in [0.5, 0.6) is 0 Å². The third kappa shape index (κ3) is 1.94. The lowest BCUT2D eigenvalue weighted by Gasteiger charge is -2.16. The average molecular weight is 291 g/mol. The van der Waals surface area contributed by atoms with E-state index in [0.29, 0.717) is 17.4 Å². The maximum Gasteiger partial charge on any atom is 0.293 e. The number of non-ortho nitro benzene ring substituents is 1. The van der Waals surface area contributed by atoms with Crippen molar-refractivity contribution in [1.29, 1.82) is 0 Å². The quantitative estimate of drug-likeness (QED) is 0.506. The summed E-state index contributed by atoms with van der Waals surface area (Å²) in [5, 5.41) is 15.2. The number of rotatable bonds is 2. The van der Waals surface area contributed by atoms with Crippen LogP contribution < -0.4 is 5.32 Å². The van der Waals surface area contributed by atoms with E-state index in [0.717, 1.165) is 22.2 Å². The Balaban J connectivity index is 2.19. The van der Waals surface area contributed by atoms with Gasteiger partial charge >= 0.3 is 0 Å². The van der Waals surface area contributed by atoms with Gasteiger partial charge in [0.15, 0.2) is 5.29 Å². The minimum atomic E-state index is -0.396. The molecule has 1 aliphatic heterocycles. The summed E-state index contributed by atoms with van der Waals surface area (Å²) in [5.41, 5.74) is 3.30. The van der Waals surface area contributed by atoms with E-state index in [-0.39, 0.29) is 5.69 Å². The number of hydrogen-bond acceptors (Lipinski definition) is 4. The number of hydrogen-bond donors (Lipinski definition) is 2. The maximum atomic E-state index is 11.0. The summed E-state index contributed by atoms with van der Waals surface area (Å²) < 4.78 is 0. The topological polar surface area (TPSA) is 83.3 Å². The van der Waals surface area contributed by atoms with Gasteiger partial charge in [-0.15, -0.1) is 0 Å². The van der Waals surface area contributed by atoms with Gasteiger partial charge in [0, 0.05) is 23.2 Å². The summed E-state index contributed by atoms with van der Waals surface area (Å²) in [7, 11) is 0. The number of H-pyrrole nitrogens is 1. The number of aromatic amines is 1. The number of nitro groups is 1. The van der Waals surface area contributed by atoms with Crippen molar-refractivity contribution in [2.24, 2.45) is 4.99 Å². The van der Waals surface area contributed by atoms with Gasteiger partial charge in [-0.3, -0.25) is 15.1 Å². The van der Waals surface area contributed by atoms with Crippen molar-refractivity contribution >= 4 is 39.2 Å².